The molecule has 1 aromatic rings. The van der Waals surface area contributed by atoms with E-state index in [-0.39, 0.29) is 41.1 Å². The highest BCUT2D eigenvalue weighted by atomic mass is 16.5. The van der Waals surface area contributed by atoms with E-state index in [0.717, 1.165) is 18.5 Å². The van der Waals surface area contributed by atoms with Crippen LogP contribution in [0.2, 0.25) is 0 Å². The number of piperidine rings is 1. The van der Waals surface area contributed by atoms with Gasteiger partial charge >= 0.3 is 0 Å². The van der Waals surface area contributed by atoms with Gasteiger partial charge in [0.25, 0.3) is 5.91 Å². The van der Waals surface area contributed by atoms with Gasteiger partial charge in [-0.25, -0.2) is 0 Å². The van der Waals surface area contributed by atoms with Crippen LogP contribution >= 0.6 is 0 Å². The SMILES string of the molecule is COCCCN1C(=O)C(C)(C)Oc2ccc(N(C(=O)[C@H]3CNC[C@@H](C(=O)NC(C)(C)C)C3)C3CC3)cc21. The summed E-state index contributed by atoms with van der Waals surface area (Å²) in [5.74, 6) is -0.0209. The number of anilines is 2. The third kappa shape index (κ3) is 6.26. The van der Waals surface area contributed by atoms with Crippen molar-refractivity contribution in [2.24, 2.45) is 11.8 Å². The highest BCUT2D eigenvalue weighted by Gasteiger charge is 2.43. The predicted molar refractivity (Wildman–Crippen MR) is 143 cm³/mol. The molecule has 1 saturated carbocycles. The lowest BCUT2D eigenvalue weighted by Gasteiger charge is -2.40. The Labute approximate surface area is 220 Å². The molecule has 2 fully saturated rings. The molecule has 0 bridgehead atoms. The third-order valence-electron chi connectivity index (χ3n) is 7.09. The number of nitrogens with zero attached hydrogens (tertiary/aromatic N) is 2. The Kier molecular flexibility index (Phi) is 7.85. The number of methoxy groups -OCH3 is 1. The highest BCUT2D eigenvalue weighted by Crippen LogP contribution is 2.43. The quantitative estimate of drug-likeness (QED) is 0.518. The van der Waals surface area contributed by atoms with E-state index in [1.807, 2.05) is 43.9 Å². The summed E-state index contributed by atoms with van der Waals surface area (Å²) in [7, 11) is 1.65. The lowest BCUT2D eigenvalue weighted by Crippen LogP contribution is -2.53. The number of amides is 3. The fraction of sp³-hybridized carbons (Fsp3) is 0.679. The van der Waals surface area contributed by atoms with Gasteiger partial charge in [-0.15, -0.1) is 0 Å². The molecule has 2 N–H and O–H groups in total. The second-order valence-corrected chi connectivity index (χ2v) is 12.0. The Hall–Kier alpha value is -2.65. The molecule has 1 saturated heterocycles. The average molecular weight is 515 g/mol. The topological polar surface area (TPSA) is 100 Å². The molecule has 4 rings (SSSR count). The molecule has 3 amide bonds. The van der Waals surface area contributed by atoms with Gasteiger partial charge in [-0.2, -0.15) is 0 Å². The number of carbonyl (C=O) groups is 3. The Morgan fingerprint density at radius 2 is 1.92 bits per heavy atom. The zero-order valence-corrected chi connectivity index (χ0v) is 23.1. The molecular weight excluding hydrogens is 472 g/mol. The van der Waals surface area contributed by atoms with Crippen molar-refractivity contribution < 1.29 is 23.9 Å². The number of hydrogen-bond donors (Lipinski definition) is 2. The summed E-state index contributed by atoms with van der Waals surface area (Å²) in [6, 6.07) is 5.82. The lowest BCUT2D eigenvalue weighted by atomic mass is 9.88. The maximum absolute atomic E-state index is 13.9. The van der Waals surface area contributed by atoms with Gasteiger partial charge in [-0.3, -0.25) is 14.4 Å². The summed E-state index contributed by atoms with van der Waals surface area (Å²) in [5, 5.41) is 6.36. The van der Waals surface area contributed by atoms with E-state index in [1.54, 1.807) is 25.9 Å². The van der Waals surface area contributed by atoms with Crippen molar-refractivity contribution >= 4 is 29.1 Å². The number of ether oxygens (including phenoxy) is 2. The number of benzene rings is 1. The van der Waals surface area contributed by atoms with Crippen LogP contribution in [0.3, 0.4) is 0 Å². The van der Waals surface area contributed by atoms with Crippen LogP contribution in [-0.4, -0.2) is 68.3 Å². The van der Waals surface area contributed by atoms with E-state index >= 15 is 0 Å². The Bertz CT molecular complexity index is 1030. The van der Waals surface area contributed by atoms with Gasteiger partial charge in [0.1, 0.15) is 5.75 Å². The first kappa shape index (κ1) is 27.4. The van der Waals surface area contributed by atoms with Crippen molar-refractivity contribution in [3.05, 3.63) is 18.2 Å². The van der Waals surface area contributed by atoms with E-state index in [1.165, 1.54) is 0 Å². The van der Waals surface area contributed by atoms with Gasteiger partial charge in [0, 0.05) is 50.6 Å². The summed E-state index contributed by atoms with van der Waals surface area (Å²) < 4.78 is 11.3. The fourth-order valence-electron chi connectivity index (χ4n) is 5.14. The van der Waals surface area contributed by atoms with Gasteiger partial charge in [0.05, 0.1) is 17.5 Å². The van der Waals surface area contributed by atoms with Crippen LogP contribution in [0.5, 0.6) is 5.75 Å². The molecule has 0 radical (unpaired) electrons. The smallest absolute Gasteiger partial charge is 0.270 e. The van der Waals surface area contributed by atoms with E-state index in [0.29, 0.717) is 50.5 Å². The number of carbonyl (C=O) groups excluding carboxylic acids is 3. The standard InChI is InChI=1S/C28H42N4O5/c1-27(2,3)30-24(33)18-14-19(17-29-16-18)25(34)32(20-8-9-20)21-10-11-23-22(15-21)31(12-7-13-36-6)26(35)28(4,5)37-23/h10-11,15,18-20,29H,7-9,12-14,16-17H2,1-6H3,(H,30,33)/t18-,19+/m0/s1. The van der Waals surface area contributed by atoms with Crippen molar-refractivity contribution in [2.75, 3.05) is 43.2 Å². The van der Waals surface area contributed by atoms with Gasteiger partial charge in [0.15, 0.2) is 5.60 Å². The molecule has 37 heavy (non-hydrogen) atoms. The van der Waals surface area contributed by atoms with Crippen LogP contribution in [0.25, 0.3) is 0 Å². The molecule has 3 aliphatic rings. The molecule has 204 valence electrons. The third-order valence-corrected chi connectivity index (χ3v) is 7.09. The van der Waals surface area contributed by atoms with Crippen molar-refractivity contribution in [1.29, 1.82) is 0 Å². The molecular formula is C28H42N4O5. The van der Waals surface area contributed by atoms with E-state index in [4.69, 9.17) is 9.47 Å². The molecule has 2 atom stereocenters. The molecule has 2 aliphatic heterocycles. The van der Waals surface area contributed by atoms with Crippen molar-refractivity contribution in [3.8, 4) is 5.75 Å². The first-order valence-electron chi connectivity index (χ1n) is 13.4. The predicted octanol–water partition coefficient (Wildman–Crippen LogP) is 2.86. The maximum atomic E-state index is 13.9. The number of hydrogen-bond acceptors (Lipinski definition) is 6. The zero-order chi connectivity index (χ0) is 27.0. The van der Waals surface area contributed by atoms with Crippen LogP contribution in [0.4, 0.5) is 11.4 Å². The number of rotatable bonds is 8. The van der Waals surface area contributed by atoms with Crippen molar-refractivity contribution in [1.82, 2.24) is 10.6 Å². The number of fused-ring (bicyclic) bond motifs is 1. The first-order valence-corrected chi connectivity index (χ1v) is 13.4. The molecule has 0 unspecified atom stereocenters. The summed E-state index contributed by atoms with van der Waals surface area (Å²) in [6.45, 7) is 11.6. The first-order chi connectivity index (χ1) is 17.4. The van der Waals surface area contributed by atoms with Gasteiger partial charge in [0.2, 0.25) is 11.8 Å². The Morgan fingerprint density at radius 1 is 1.22 bits per heavy atom. The minimum Gasteiger partial charge on any atom is -0.476 e. The minimum absolute atomic E-state index is 0.0192. The van der Waals surface area contributed by atoms with Gasteiger partial charge < -0.3 is 29.9 Å². The monoisotopic (exact) mass is 514 g/mol. The van der Waals surface area contributed by atoms with Gasteiger partial charge in [-0.05, 0) is 78.5 Å². The zero-order valence-electron chi connectivity index (χ0n) is 23.1. The highest BCUT2D eigenvalue weighted by molar-refractivity contribution is 6.04. The van der Waals surface area contributed by atoms with Crippen LogP contribution < -0.4 is 25.2 Å². The summed E-state index contributed by atoms with van der Waals surface area (Å²) in [5.41, 5.74) is 0.158. The van der Waals surface area contributed by atoms with Crippen molar-refractivity contribution in [3.63, 3.8) is 0 Å². The second-order valence-electron chi connectivity index (χ2n) is 12.0. The lowest BCUT2D eigenvalue weighted by molar-refractivity contribution is -0.132. The maximum Gasteiger partial charge on any atom is 0.270 e. The van der Waals surface area contributed by atoms with Gasteiger partial charge in [-0.1, -0.05) is 0 Å². The largest absolute Gasteiger partial charge is 0.476 e. The summed E-state index contributed by atoms with van der Waals surface area (Å²) in [4.78, 5) is 43.6. The summed E-state index contributed by atoms with van der Waals surface area (Å²) in [6.07, 6.45) is 3.09. The molecule has 1 aromatic carbocycles. The molecule has 1 aliphatic carbocycles. The van der Waals surface area contributed by atoms with E-state index in [2.05, 4.69) is 10.6 Å². The summed E-state index contributed by atoms with van der Waals surface area (Å²) >= 11 is 0. The van der Waals surface area contributed by atoms with Crippen LogP contribution in [-0.2, 0) is 19.1 Å². The van der Waals surface area contributed by atoms with Crippen molar-refractivity contribution in [2.45, 2.75) is 77.5 Å². The molecule has 9 heteroatoms. The molecule has 2 heterocycles. The fourth-order valence-corrected chi connectivity index (χ4v) is 5.14. The number of nitrogens with one attached hydrogen (secondary N) is 2. The molecule has 0 spiro atoms. The van der Waals surface area contributed by atoms with E-state index in [9.17, 15) is 14.4 Å². The Balaban J connectivity index is 1.58. The second kappa shape index (κ2) is 10.6. The minimum atomic E-state index is -0.968. The van der Waals surface area contributed by atoms with Crippen LogP contribution in [0, 0.1) is 11.8 Å². The van der Waals surface area contributed by atoms with Crippen LogP contribution in [0.15, 0.2) is 18.2 Å². The Morgan fingerprint density at radius 3 is 2.57 bits per heavy atom. The molecule has 0 aromatic heterocycles. The van der Waals surface area contributed by atoms with Crippen LogP contribution in [0.1, 0.15) is 60.3 Å². The van der Waals surface area contributed by atoms with E-state index < -0.39 is 5.60 Å². The average Bonchev–Trinajstić information content (AvgIpc) is 3.66. The normalized spacial score (nSPS) is 23.2. The molecule has 9 nitrogen and oxygen atoms in total.